The molecular weight excluding hydrogens is 491 g/mol. The number of aromatic nitrogens is 2. The Balaban J connectivity index is 0.00000320. The van der Waals surface area contributed by atoms with Gasteiger partial charge in [0, 0.05) is 58.0 Å². The predicted molar refractivity (Wildman–Crippen MR) is 132 cm³/mol. The van der Waals surface area contributed by atoms with E-state index in [9.17, 15) is 4.79 Å². The van der Waals surface area contributed by atoms with Crippen LogP contribution >= 0.6 is 24.0 Å². The summed E-state index contributed by atoms with van der Waals surface area (Å²) in [4.78, 5) is 18.8. The zero-order valence-electron chi connectivity index (χ0n) is 18.3. The molecule has 2 N–H and O–H groups in total. The third-order valence-electron chi connectivity index (χ3n) is 5.15. The van der Waals surface area contributed by atoms with Gasteiger partial charge in [-0.25, -0.2) is 0 Å². The molecule has 1 saturated heterocycles. The lowest BCUT2D eigenvalue weighted by molar-refractivity contribution is -0.116. The molecule has 0 aliphatic carbocycles. The lowest BCUT2D eigenvalue weighted by atomic mass is 10.0. The Kier molecular flexibility index (Phi) is 9.13. The van der Waals surface area contributed by atoms with Crippen molar-refractivity contribution >= 4 is 41.5 Å². The van der Waals surface area contributed by atoms with Crippen molar-refractivity contribution in [1.82, 2.24) is 20.0 Å². The predicted octanol–water partition coefficient (Wildman–Crippen LogP) is 3.59. The maximum absolute atomic E-state index is 12.0. The van der Waals surface area contributed by atoms with Gasteiger partial charge in [-0.2, -0.15) is 5.10 Å². The van der Waals surface area contributed by atoms with E-state index in [4.69, 9.17) is 0 Å². The number of benzene rings is 1. The summed E-state index contributed by atoms with van der Waals surface area (Å²) in [6.45, 7) is 6.67. The molecular formula is C22H33IN6O. The molecule has 1 aliphatic rings. The molecule has 1 amide bonds. The number of halogens is 1. The van der Waals surface area contributed by atoms with E-state index >= 15 is 0 Å². The van der Waals surface area contributed by atoms with Gasteiger partial charge in [-0.05, 0) is 35.6 Å². The summed E-state index contributed by atoms with van der Waals surface area (Å²) >= 11 is 0. The van der Waals surface area contributed by atoms with Crippen LogP contribution in [0.2, 0.25) is 0 Å². The fraction of sp³-hybridized carbons (Fsp3) is 0.500. The topological polar surface area (TPSA) is 74.6 Å². The molecule has 1 aromatic carbocycles. The largest absolute Gasteiger partial charge is 0.352 e. The lowest BCUT2D eigenvalue weighted by Gasteiger charge is -2.21. The van der Waals surface area contributed by atoms with Gasteiger partial charge in [0.1, 0.15) is 0 Å². The summed E-state index contributed by atoms with van der Waals surface area (Å²) in [5.74, 6) is 1.80. The number of nitrogens with zero attached hydrogens (tertiary/aromatic N) is 4. The third-order valence-corrected chi connectivity index (χ3v) is 5.15. The molecule has 1 fully saturated rings. The van der Waals surface area contributed by atoms with Crippen molar-refractivity contribution in [2.24, 2.45) is 18.0 Å². The second kappa shape index (κ2) is 11.3. The van der Waals surface area contributed by atoms with Crippen molar-refractivity contribution in [3.63, 3.8) is 0 Å². The van der Waals surface area contributed by atoms with E-state index in [0.29, 0.717) is 24.8 Å². The molecule has 1 aromatic heterocycles. The molecule has 0 bridgehead atoms. The molecule has 0 saturated carbocycles. The van der Waals surface area contributed by atoms with Crippen molar-refractivity contribution < 1.29 is 4.79 Å². The highest BCUT2D eigenvalue weighted by Crippen LogP contribution is 2.26. The first kappa shape index (κ1) is 24.2. The van der Waals surface area contributed by atoms with E-state index in [1.165, 1.54) is 5.56 Å². The normalized spacial score (nSPS) is 16.5. The minimum atomic E-state index is 0. The second-order valence-electron chi connectivity index (χ2n) is 8.13. The van der Waals surface area contributed by atoms with E-state index in [-0.39, 0.29) is 29.9 Å². The van der Waals surface area contributed by atoms with E-state index in [1.807, 2.05) is 57.0 Å². The van der Waals surface area contributed by atoms with Crippen molar-refractivity contribution in [1.29, 1.82) is 0 Å². The number of hydrogen-bond acceptors (Lipinski definition) is 3. The first-order valence-corrected chi connectivity index (χ1v) is 10.3. The zero-order chi connectivity index (χ0) is 20.8. The van der Waals surface area contributed by atoms with Gasteiger partial charge in [0.25, 0.3) is 0 Å². The minimum absolute atomic E-state index is 0. The maximum Gasteiger partial charge on any atom is 0.224 e. The van der Waals surface area contributed by atoms with Crippen LogP contribution in [0.5, 0.6) is 0 Å². The van der Waals surface area contributed by atoms with Crippen LogP contribution in [-0.4, -0.2) is 46.7 Å². The Morgan fingerprint density at radius 2 is 2.17 bits per heavy atom. The highest BCUT2D eigenvalue weighted by molar-refractivity contribution is 14.0. The van der Waals surface area contributed by atoms with E-state index in [2.05, 4.69) is 37.9 Å². The number of likely N-dealkylation sites (tertiary alicyclic amines) is 1. The number of anilines is 1. The number of guanidine groups is 1. The van der Waals surface area contributed by atoms with Crippen LogP contribution in [0.1, 0.15) is 43.7 Å². The van der Waals surface area contributed by atoms with E-state index in [1.54, 1.807) is 0 Å². The SMILES string of the molecule is CN=C(NCc1cccc(NC(=O)CC(C)C)c1)N1CCC(c2cnn(C)c2)C1.I. The van der Waals surface area contributed by atoms with Crippen LogP contribution in [0.15, 0.2) is 41.7 Å². The molecule has 164 valence electrons. The molecule has 1 atom stereocenters. The molecule has 3 rings (SSSR count). The molecule has 7 nitrogen and oxygen atoms in total. The monoisotopic (exact) mass is 524 g/mol. The van der Waals surface area contributed by atoms with Crippen LogP contribution in [0.25, 0.3) is 0 Å². The van der Waals surface area contributed by atoms with Crippen LogP contribution in [-0.2, 0) is 18.4 Å². The lowest BCUT2D eigenvalue weighted by Crippen LogP contribution is -2.39. The summed E-state index contributed by atoms with van der Waals surface area (Å²) < 4.78 is 1.86. The third kappa shape index (κ3) is 6.72. The second-order valence-corrected chi connectivity index (χ2v) is 8.13. The van der Waals surface area contributed by atoms with Gasteiger partial charge in [-0.1, -0.05) is 26.0 Å². The first-order valence-electron chi connectivity index (χ1n) is 10.3. The number of nitrogens with one attached hydrogen (secondary N) is 2. The summed E-state index contributed by atoms with van der Waals surface area (Å²) in [6.07, 6.45) is 5.69. The first-order chi connectivity index (χ1) is 13.9. The quantitative estimate of drug-likeness (QED) is 0.344. The summed E-state index contributed by atoms with van der Waals surface area (Å²) in [5.41, 5.74) is 3.23. The summed E-state index contributed by atoms with van der Waals surface area (Å²) in [5, 5.41) is 10.7. The highest BCUT2D eigenvalue weighted by Gasteiger charge is 2.26. The molecule has 1 aliphatic heterocycles. The summed E-state index contributed by atoms with van der Waals surface area (Å²) in [7, 11) is 3.78. The molecule has 2 heterocycles. The van der Waals surface area contributed by atoms with Crippen LogP contribution in [0, 0.1) is 5.92 Å². The van der Waals surface area contributed by atoms with Crippen LogP contribution < -0.4 is 10.6 Å². The van der Waals surface area contributed by atoms with Crippen LogP contribution in [0.3, 0.4) is 0 Å². The number of aliphatic imine (C=N–C) groups is 1. The average Bonchev–Trinajstić information content (AvgIpc) is 3.31. The fourth-order valence-corrected chi connectivity index (χ4v) is 3.73. The molecule has 0 radical (unpaired) electrons. The van der Waals surface area contributed by atoms with Crippen LogP contribution in [0.4, 0.5) is 5.69 Å². The van der Waals surface area contributed by atoms with Gasteiger partial charge in [0.15, 0.2) is 5.96 Å². The zero-order valence-corrected chi connectivity index (χ0v) is 20.6. The van der Waals surface area contributed by atoms with Gasteiger partial charge in [0.05, 0.1) is 6.20 Å². The summed E-state index contributed by atoms with van der Waals surface area (Å²) in [6, 6.07) is 7.97. The number of carbonyl (C=O) groups excluding carboxylic acids is 1. The Hall–Kier alpha value is -2.10. The Morgan fingerprint density at radius 3 is 2.83 bits per heavy atom. The van der Waals surface area contributed by atoms with Crippen molar-refractivity contribution in [3.05, 3.63) is 47.8 Å². The van der Waals surface area contributed by atoms with E-state index < -0.39 is 0 Å². The van der Waals surface area contributed by atoms with Gasteiger partial charge in [-0.15, -0.1) is 24.0 Å². The Labute approximate surface area is 196 Å². The highest BCUT2D eigenvalue weighted by atomic mass is 127. The molecule has 2 aromatic rings. The average molecular weight is 524 g/mol. The molecule has 1 unspecified atom stereocenters. The molecule has 8 heteroatoms. The minimum Gasteiger partial charge on any atom is -0.352 e. The van der Waals surface area contributed by atoms with Crippen molar-refractivity contribution in [3.8, 4) is 0 Å². The standard InChI is InChI=1S/C22H32N6O.HI/c1-16(2)10-21(29)26-20-7-5-6-17(11-20)12-24-22(23-3)28-9-8-18(15-28)19-13-25-27(4)14-19;/h5-7,11,13-14,16,18H,8-10,12,15H2,1-4H3,(H,23,24)(H,26,29);1H. The van der Waals surface area contributed by atoms with E-state index in [0.717, 1.165) is 36.7 Å². The number of rotatable bonds is 6. The number of amides is 1. The van der Waals surface area contributed by atoms with Crippen molar-refractivity contribution in [2.45, 2.75) is 39.2 Å². The number of carbonyl (C=O) groups is 1. The molecule has 30 heavy (non-hydrogen) atoms. The number of aryl methyl sites for hydroxylation is 1. The van der Waals surface area contributed by atoms with Gasteiger partial charge in [0.2, 0.25) is 5.91 Å². The van der Waals surface area contributed by atoms with Gasteiger partial charge < -0.3 is 15.5 Å². The van der Waals surface area contributed by atoms with Crippen molar-refractivity contribution in [2.75, 3.05) is 25.5 Å². The van der Waals surface area contributed by atoms with Gasteiger partial charge >= 0.3 is 0 Å². The number of hydrogen-bond donors (Lipinski definition) is 2. The Bertz CT molecular complexity index is 863. The Morgan fingerprint density at radius 1 is 1.37 bits per heavy atom. The fourth-order valence-electron chi connectivity index (χ4n) is 3.73. The van der Waals surface area contributed by atoms with Gasteiger partial charge in [-0.3, -0.25) is 14.5 Å². The maximum atomic E-state index is 12.0. The molecule has 0 spiro atoms. The smallest absolute Gasteiger partial charge is 0.224 e.